The van der Waals surface area contributed by atoms with E-state index in [0.717, 1.165) is 19.3 Å². The number of rotatable bonds is 8. The Hall–Kier alpha value is 0.160. The summed E-state index contributed by atoms with van der Waals surface area (Å²) >= 11 is 0. The summed E-state index contributed by atoms with van der Waals surface area (Å²) in [5.74, 6) is 0.882. The zero-order valence-corrected chi connectivity index (χ0v) is 13.1. The largest absolute Gasteiger partial charge is 0.324 e. The molecule has 0 aromatic rings. The molecule has 1 rings (SSSR count). The van der Waals surface area contributed by atoms with Crippen molar-refractivity contribution in [1.29, 1.82) is 0 Å². The summed E-state index contributed by atoms with van der Waals surface area (Å²) in [4.78, 5) is 0. The molecule has 1 saturated carbocycles. The number of nitrogens with two attached hydrogens (primary N) is 1. The van der Waals surface area contributed by atoms with Gasteiger partial charge in [0.1, 0.15) is 0 Å². The van der Waals surface area contributed by atoms with Crippen LogP contribution < -0.4 is 10.5 Å². The summed E-state index contributed by atoms with van der Waals surface area (Å²) in [6.07, 6.45) is 6.02. The predicted molar refractivity (Wildman–Crippen MR) is 78.5 cm³/mol. The third kappa shape index (κ3) is 5.87. The third-order valence-corrected chi connectivity index (χ3v) is 5.43. The first kappa shape index (κ1) is 18.2. The highest BCUT2D eigenvalue weighted by Gasteiger charge is 2.24. The topological polar surface area (TPSA) is 72.2 Å². The molecule has 1 aliphatic carbocycles. The van der Waals surface area contributed by atoms with Crippen molar-refractivity contribution in [3.8, 4) is 0 Å². The zero-order chi connectivity index (χ0) is 12.9. The molecule has 0 unspecified atom stereocenters. The lowest BCUT2D eigenvalue weighted by atomic mass is 9.84. The lowest BCUT2D eigenvalue weighted by Gasteiger charge is -2.28. The van der Waals surface area contributed by atoms with Crippen LogP contribution in [0, 0.1) is 5.92 Å². The third-order valence-electron chi connectivity index (χ3n) is 4.07. The van der Waals surface area contributed by atoms with Crippen LogP contribution in [0.15, 0.2) is 0 Å². The van der Waals surface area contributed by atoms with Crippen LogP contribution >= 0.6 is 12.4 Å². The quantitative estimate of drug-likeness (QED) is 0.720. The van der Waals surface area contributed by atoms with Gasteiger partial charge in [0.15, 0.2) is 0 Å². The monoisotopic (exact) mass is 298 g/mol. The van der Waals surface area contributed by atoms with Crippen LogP contribution in [0.3, 0.4) is 0 Å². The van der Waals surface area contributed by atoms with E-state index in [1.165, 1.54) is 19.3 Å². The van der Waals surface area contributed by atoms with Gasteiger partial charge in [-0.2, -0.15) is 0 Å². The average molecular weight is 299 g/mol. The van der Waals surface area contributed by atoms with Gasteiger partial charge in [-0.1, -0.05) is 33.1 Å². The summed E-state index contributed by atoms with van der Waals surface area (Å²) in [6, 6.07) is 0. The maximum Gasteiger partial charge on any atom is 0.211 e. The molecule has 0 aromatic heterocycles. The molecule has 0 spiro atoms. The highest BCUT2D eigenvalue weighted by molar-refractivity contribution is 7.89. The second-order valence-electron chi connectivity index (χ2n) is 5.30. The molecule has 0 saturated heterocycles. The van der Waals surface area contributed by atoms with Crippen molar-refractivity contribution >= 4 is 22.4 Å². The Bertz CT molecular complexity index is 325. The Balaban J connectivity index is 0.00000289. The number of hydrogen-bond acceptors (Lipinski definition) is 3. The van der Waals surface area contributed by atoms with Crippen LogP contribution in [0.25, 0.3) is 0 Å². The van der Waals surface area contributed by atoms with Crippen molar-refractivity contribution in [1.82, 2.24) is 4.72 Å². The van der Waals surface area contributed by atoms with E-state index in [9.17, 15) is 8.42 Å². The van der Waals surface area contributed by atoms with Gasteiger partial charge in [0.2, 0.25) is 10.0 Å². The Labute approximate surface area is 118 Å². The van der Waals surface area contributed by atoms with Crippen LogP contribution in [0.4, 0.5) is 0 Å². The van der Waals surface area contributed by atoms with Gasteiger partial charge in [-0.15, -0.1) is 12.4 Å². The molecule has 0 heterocycles. The van der Waals surface area contributed by atoms with Gasteiger partial charge in [-0.3, -0.25) is 0 Å². The van der Waals surface area contributed by atoms with Crippen molar-refractivity contribution in [3.05, 3.63) is 0 Å². The molecule has 1 aliphatic rings. The molecular formula is C12H27ClN2O2S. The Kier molecular flexibility index (Phi) is 7.75. The number of halogens is 1. The molecule has 18 heavy (non-hydrogen) atoms. The van der Waals surface area contributed by atoms with E-state index in [1.807, 2.05) is 13.8 Å². The van der Waals surface area contributed by atoms with E-state index in [1.54, 1.807) is 0 Å². The first-order valence-corrected chi connectivity index (χ1v) is 8.32. The SMILES string of the molecule is CCC(N)(CC)CNS(=O)(=O)CCC1CCC1.Cl. The minimum Gasteiger partial charge on any atom is -0.324 e. The molecule has 0 radical (unpaired) electrons. The molecule has 0 amide bonds. The van der Waals surface area contributed by atoms with E-state index in [4.69, 9.17) is 5.73 Å². The molecule has 110 valence electrons. The Morgan fingerprint density at radius 1 is 1.28 bits per heavy atom. The van der Waals surface area contributed by atoms with Gasteiger partial charge in [0.05, 0.1) is 5.75 Å². The van der Waals surface area contributed by atoms with E-state index in [-0.39, 0.29) is 18.2 Å². The zero-order valence-electron chi connectivity index (χ0n) is 11.4. The van der Waals surface area contributed by atoms with Gasteiger partial charge in [-0.25, -0.2) is 13.1 Å². The van der Waals surface area contributed by atoms with Crippen LogP contribution in [-0.2, 0) is 10.0 Å². The number of sulfonamides is 1. The molecule has 0 bridgehead atoms. The van der Waals surface area contributed by atoms with Crippen molar-refractivity contribution in [3.63, 3.8) is 0 Å². The van der Waals surface area contributed by atoms with E-state index in [0.29, 0.717) is 12.5 Å². The molecule has 4 nitrogen and oxygen atoms in total. The Morgan fingerprint density at radius 3 is 2.22 bits per heavy atom. The van der Waals surface area contributed by atoms with E-state index < -0.39 is 15.6 Å². The van der Waals surface area contributed by atoms with Gasteiger partial charge in [-0.05, 0) is 25.2 Å². The van der Waals surface area contributed by atoms with Crippen LogP contribution in [0.1, 0.15) is 52.4 Å². The van der Waals surface area contributed by atoms with Gasteiger partial charge < -0.3 is 5.73 Å². The summed E-state index contributed by atoms with van der Waals surface area (Å²) < 4.78 is 26.2. The molecule has 1 fully saturated rings. The normalized spacial score (nSPS) is 17.1. The average Bonchev–Trinajstić information content (AvgIpc) is 2.24. The standard InChI is InChI=1S/C12H26N2O2S.ClH/c1-3-12(13,4-2)10-14-17(15,16)9-8-11-6-5-7-11;/h11,14H,3-10,13H2,1-2H3;1H. The van der Waals surface area contributed by atoms with Gasteiger partial charge in [0, 0.05) is 12.1 Å². The van der Waals surface area contributed by atoms with Crippen molar-refractivity contribution in [2.45, 2.75) is 57.9 Å². The molecule has 0 aromatic carbocycles. The van der Waals surface area contributed by atoms with Gasteiger partial charge in [0.25, 0.3) is 0 Å². The second kappa shape index (κ2) is 7.68. The molecule has 0 aliphatic heterocycles. The second-order valence-corrected chi connectivity index (χ2v) is 7.22. The fourth-order valence-electron chi connectivity index (χ4n) is 1.93. The number of nitrogens with one attached hydrogen (secondary N) is 1. The minimum atomic E-state index is -3.14. The first-order valence-electron chi connectivity index (χ1n) is 6.67. The lowest BCUT2D eigenvalue weighted by Crippen LogP contribution is -2.49. The highest BCUT2D eigenvalue weighted by Crippen LogP contribution is 2.29. The summed E-state index contributed by atoms with van der Waals surface area (Å²) in [6.45, 7) is 4.34. The fraction of sp³-hybridized carbons (Fsp3) is 1.00. The summed E-state index contributed by atoms with van der Waals surface area (Å²) in [5.41, 5.74) is 5.67. The fourth-order valence-corrected chi connectivity index (χ4v) is 3.22. The maximum atomic E-state index is 11.8. The summed E-state index contributed by atoms with van der Waals surface area (Å²) in [7, 11) is -3.14. The van der Waals surface area contributed by atoms with Crippen molar-refractivity contribution in [2.75, 3.05) is 12.3 Å². The lowest BCUT2D eigenvalue weighted by molar-refractivity contribution is 0.307. The van der Waals surface area contributed by atoms with Crippen LogP contribution in [0.2, 0.25) is 0 Å². The molecule has 6 heteroatoms. The van der Waals surface area contributed by atoms with Crippen LogP contribution in [0.5, 0.6) is 0 Å². The first-order chi connectivity index (χ1) is 7.91. The number of hydrogen-bond donors (Lipinski definition) is 2. The minimum absolute atomic E-state index is 0. The van der Waals surface area contributed by atoms with E-state index >= 15 is 0 Å². The summed E-state index contributed by atoms with van der Waals surface area (Å²) in [5, 5.41) is 0. The van der Waals surface area contributed by atoms with Crippen molar-refractivity contribution in [2.24, 2.45) is 11.7 Å². The van der Waals surface area contributed by atoms with E-state index in [2.05, 4.69) is 4.72 Å². The maximum absolute atomic E-state index is 11.8. The van der Waals surface area contributed by atoms with Gasteiger partial charge >= 0.3 is 0 Å². The Morgan fingerprint density at radius 2 is 1.83 bits per heavy atom. The molecular weight excluding hydrogens is 272 g/mol. The molecule has 3 N–H and O–H groups in total. The molecule has 0 atom stereocenters. The smallest absolute Gasteiger partial charge is 0.211 e. The predicted octanol–water partition coefficient (Wildman–Crippen LogP) is 2.04. The van der Waals surface area contributed by atoms with Crippen molar-refractivity contribution < 1.29 is 8.42 Å². The van der Waals surface area contributed by atoms with Crippen LogP contribution in [-0.4, -0.2) is 26.3 Å². The highest BCUT2D eigenvalue weighted by atomic mass is 35.5.